The van der Waals surface area contributed by atoms with E-state index in [-0.39, 0.29) is 6.61 Å². The van der Waals surface area contributed by atoms with Crippen LogP contribution in [0.1, 0.15) is 29.7 Å². The summed E-state index contributed by atoms with van der Waals surface area (Å²) in [4.78, 5) is 13.4. The molecule has 0 radical (unpaired) electrons. The van der Waals surface area contributed by atoms with Crippen molar-refractivity contribution in [1.29, 1.82) is 5.26 Å². The quantitative estimate of drug-likeness (QED) is 0.216. The zero-order valence-electron chi connectivity index (χ0n) is 22.8. The van der Waals surface area contributed by atoms with Gasteiger partial charge in [-0.1, -0.05) is 18.2 Å². The smallest absolute Gasteiger partial charge is 0.227 e. The van der Waals surface area contributed by atoms with Crippen molar-refractivity contribution in [3.8, 4) is 39.3 Å². The number of anilines is 2. The van der Waals surface area contributed by atoms with Crippen LogP contribution in [0, 0.1) is 18.3 Å². The van der Waals surface area contributed by atoms with E-state index in [2.05, 4.69) is 21.3 Å². The van der Waals surface area contributed by atoms with Crippen LogP contribution >= 0.6 is 11.3 Å². The summed E-state index contributed by atoms with van der Waals surface area (Å²) in [6, 6.07) is 20.0. The topological polar surface area (TPSA) is 104 Å². The minimum Gasteiger partial charge on any atom is -0.497 e. The average molecular weight is 556 g/mol. The Morgan fingerprint density at radius 1 is 1.18 bits per heavy atom. The standard InChI is InChI=1S/C31H33N5O3S/c1-21-27(19-32)29(22-7-3-10-25(17-22)38-2)30(40-21)28-12-13-33-31(35-28)34-23-8-4-11-26(18-23)39-16-6-15-36-14-5-9-24(36)20-37/h3-4,7-8,10-13,17-18,24,37H,5-6,9,14-16,20H2,1-2H3,(H,33,34,35)/t24-/m0/s1. The summed E-state index contributed by atoms with van der Waals surface area (Å²) in [5, 5.41) is 22.7. The van der Waals surface area contributed by atoms with Gasteiger partial charge in [-0.3, -0.25) is 4.90 Å². The number of ether oxygens (including phenoxy) is 2. The molecule has 1 aliphatic heterocycles. The van der Waals surface area contributed by atoms with Gasteiger partial charge in [-0.2, -0.15) is 5.26 Å². The lowest BCUT2D eigenvalue weighted by Gasteiger charge is -2.22. The predicted molar refractivity (Wildman–Crippen MR) is 158 cm³/mol. The molecule has 0 bridgehead atoms. The first kappa shape index (κ1) is 27.6. The van der Waals surface area contributed by atoms with Gasteiger partial charge in [0.05, 0.1) is 36.5 Å². The van der Waals surface area contributed by atoms with E-state index in [1.165, 1.54) is 0 Å². The number of hydrogen-bond donors (Lipinski definition) is 2. The molecule has 0 saturated carbocycles. The van der Waals surface area contributed by atoms with E-state index in [9.17, 15) is 10.4 Å². The lowest BCUT2D eigenvalue weighted by molar-refractivity contribution is 0.150. The maximum atomic E-state index is 9.93. The number of nitrogens with zero attached hydrogens (tertiary/aromatic N) is 4. The highest BCUT2D eigenvalue weighted by molar-refractivity contribution is 7.16. The number of aryl methyl sites for hydroxylation is 1. The molecule has 0 spiro atoms. The van der Waals surface area contributed by atoms with Crippen LogP contribution in [0.3, 0.4) is 0 Å². The summed E-state index contributed by atoms with van der Waals surface area (Å²) in [5.41, 5.74) is 3.96. The number of nitriles is 1. The first-order valence-electron chi connectivity index (χ1n) is 13.5. The molecular weight excluding hydrogens is 522 g/mol. The Morgan fingerprint density at radius 3 is 2.85 bits per heavy atom. The van der Waals surface area contributed by atoms with Crippen molar-refractivity contribution >= 4 is 23.0 Å². The summed E-state index contributed by atoms with van der Waals surface area (Å²) in [6.45, 7) is 4.77. The largest absolute Gasteiger partial charge is 0.497 e. The van der Waals surface area contributed by atoms with Gasteiger partial charge in [0.2, 0.25) is 5.95 Å². The molecule has 1 fully saturated rings. The van der Waals surface area contributed by atoms with Crippen molar-refractivity contribution < 1.29 is 14.6 Å². The number of benzene rings is 2. The molecule has 8 nitrogen and oxygen atoms in total. The molecule has 5 rings (SSSR count). The van der Waals surface area contributed by atoms with E-state index in [4.69, 9.17) is 14.5 Å². The van der Waals surface area contributed by atoms with Crippen molar-refractivity contribution in [2.45, 2.75) is 32.2 Å². The Morgan fingerprint density at radius 2 is 2.02 bits per heavy atom. The van der Waals surface area contributed by atoms with Gasteiger partial charge >= 0.3 is 0 Å². The van der Waals surface area contributed by atoms with Gasteiger partial charge in [0.15, 0.2) is 0 Å². The van der Waals surface area contributed by atoms with Gasteiger partial charge in [-0.25, -0.2) is 9.97 Å². The van der Waals surface area contributed by atoms with Crippen LogP contribution in [0.5, 0.6) is 11.5 Å². The zero-order chi connectivity index (χ0) is 27.9. The third-order valence-electron chi connectivity index (χ3n) is 7.10. The lowest BCUT2D eigenvalue weighted by Crippen LogP contribution is -2.33. The molecule has 206 valence electrons. The van der Waals surface area contributed by atoms with Crippen LogP contribution in [0.25, 0.3) is 21.7 Å². The number of likely N-dealkylation sites (tertiary alicyclic amines) is 1. The van der Waals surface area contributed by atoms with E-state index in [1.807, 2.05) is 61.5 Å². The highest BCUT2D eigenvalue weighted by Crippen LogP contribution is 2.43. The molecule has 2 aromatic heterocycles. The van der Waals surface area contributed by atoms with Gasteiger partial charge in [0.25, 0.3) is 0 Å². The molecule has 1 saturated heterocycles. The van der Waals surface area contributed by atoms with Crippen LogP contribution in [0.4, 0.5) is 11.6 Å². The van der Waals surface area contributed by atoms with Crippen molar-refractivity contribution in [2.24, 2.45) is 0 Å². The Balaban J connectivity index is 1.30. The number of aliphatic hydroxyl groups is 1. The molecule has 2 aromatic carbocycles. The normalized spacial score (nSPS) is 15.1. The third-order valence-corrected chi connectivity index (χ3v) is 8.23. The number of methoxy groups -OCH3 is 1. The van der Waals surface area contributed by atoms with Crippen molar-refractivity contribution in [1.82, 2.24) is 14.9 Å². The third kappa shape index (κ3) is 6.26. The van der Waals surface area contributed by atoms with E-state index in [0.717, 1.165) is 76.1 Å². The molecule has 1 atom stereocenters. The van der Waals surface area contributed by atoms with Crippen molar-refractivity contribution in [2.75, 3.05) is 38.7 Å². The molecule has 40 heavy (non-hydrogen) atoms. The summed E-state index contributed by atoms with van der Waals surface area (Å²) in [5.74, 6) is 1.96. The zero-order valence-corrected chi connectivity index (χ0v) is 23.6. The highest BCUT2D eigenvalue weighted by Gasteiger charge is 2.23. The highest BCUT2D eigenvalue weighted by atomic mass is 32.1. The van der Waals surface area contributed by atoms with Crippen LogP contribution in [-0.4, -0.2) is 59.4 Å². The monoisotopic (exact) mass is 555 g/mol. The van der Waals surface area contributed by atoms with Gasteiger partial charge in [-0.15, -0.1) is 11.3 Å². The minimum atomic E-state index is 0.228. The van der Waals surface area contributed by atoms with Crippen LogP contribution in [0.15, 0.2) is 60.8 Å². The van der Waals surface area contributed by atoms with Gasteiger partial charge in [-0.05, 0) is 68.6 Å². The van der Waals surface area contributed by atoms with Crippen molar-refractivity contribution in [3.05, 3.63) is 71.2 Å². The summed E-state index contributed by atoms with van der Waals surface area (Å²) >= 11 is 1.55. The van der Waals surface area contributed by atoms with Crippen LogP contribution < -0.4 is 14.8 Å². The molecule has 2 N–H and O–H groups in total. The molecule has 1 aliphatic rings. The Labute approximate surface area is 238 Å². The van der Waals surface area contributed by atoms with E-state index in [0.29, 0.717) is 24.2 Å². The lowest BCUT2D eigenvalue weighted by atomic mass is 9.99. The predicted octanol–water partition coefficient (Wildman–Crippen LogP) is 6.03. The second-order valence-electron chi connectivity index (χ2n) is 9.72. The van der Waals surface area contributed by atoms with E-state index < -0.39 is 0 Å². The SMILES string of the molecule is COc1cccc(-c2c(-c3ccnc(Nc4cccc(OCCCN5CCC[C@H]5CO)c4)n3)sc(C)c2C#N)c1. The fourth-order valence-electron chi connectivity index (χ4n) is 5.11. The van der Waals surface area contributed by atoms with E-state index in [1.54, 1.807) is 24.6 Å². The van der Waals surface area contributed by atoms with Crippen LogP contribution in [0.2, 0.25) is 0 Å². The Bertz CT molecular complexity index is 1500. The van der Waals surface area contributed by atoms with Crippen molar-refractivity contribution in [3.63, 3.8) is 0 Å². The molecule has 0 unspecified atom stereocenters. The van der Waals surface area contributed by atoms with Gasteiger partial charge < -0.3 is 19.9 Å². The fourth-order valence-corrected chi connectivity index (χ4v) is 6.20. The summed E-state index contributed by atoms with van der Waals surface area (Å²) in [6.07, 6.45) is 4.85. The number of nitrogens with one attached hydrogen (secondary N) is 1. The van der Waals surface area contributed by atoms with Gasteiger partial charge in [0.1, 0.15) is 17.6 Å². The number of hydrogen-bond acceptors (Lipinski definition) is 9. The number of aromatic nitrogens is 2. The van der Waals surface area contributed by atoms with Gasteiger partial charge in [0, 0.05) is 41.0 Å². The first-order valence-corrected chi connectivity index (χ1v) is 14.3. The van der Waals surface area contributed by atoms with Crippen LogP contribution in [-0.2, 0) is 0 Å². The molecule has 9 heteroatoms. The summed E-state index contributed by atoms with van der Waals surface area (Å²) in [7, 11) is 1.63. The number of thiophene rings is 1. The fraction of sp³-hybridized carbons (Fsp3) is 0.323. The molecular formula is C31H33N5O3S. The first-order chi connectivity index (χ1) is 19.6. The Kier molecular flexibility index (Phi) is 8.91. The molecule has 0 amide bonds. The number of aliphatic hydroxyl groups excluding tert-OH is 1. The average Bonchev–Trinajstić information content (AvgIpc) is 3.59. The van der Waals surface area contributed by atoms with E-state index >= 15 is 0 Å². The summed E-state index contributed by atoms with van der Waals surface area (Å²) < 4.78 is 11.4. The molecule has 3 heterocycles. The molecule has 4 aromatic rings. The molecule has 0 aliphatic carbocycles. The Hall–Kier alpha value is -3.97. The second-order valence-corrected chi connectivity index (χ2v) is 10.9. The maximum Gasteiger partial charge on any atom is 0.227 e. The minimum absolute atomic E-state index is 0.228. The second kappa shape index (κ2) is 12.9. The maximum absolute atomic E-state index is 9.93. The number of rotatable bonds is 11.